The molecule has 1 aromatic carbocycles. The molecule has 0 aromatic heterocycles. The van der Waals surface area contributed by atoms with E-state index < -0.39 is 18.0 Å². The van der Waals surface area contributed by atoms with Crippen LogP contribution in [0.5, 0.6) is 5.75 Å². The molecule has 98 valence electrons. The second kappa shape index (κ2) is 5.90. The van der Waals surface area contributed by atoms with Crippen LogP contribution in [0.15, 0.2) is 18.2 Å². The van der Waals surface area contributed by atoms with Crippen molar-refractivity contribution < 1.29 is 24.2 Å². The molecule has 0 bridgehead atoms. The van der Waals surface area contributed by atoms with Crippen LogP contribution < -0.4 is 5.32 Å². The van der Waals surface area contributed by atoms with Crippen molar-refractivity contribution in [1.82, 2.24) is 0 Å². The molecule has 0 saturated heterocycles. The van der Waals surface area contributed by atoms with E-state index in [-0.39, 0.29) is 17.0 Å². The van der Waals surface area contributed by atoms with Gasteiger partial charge in [-0.2, -0.15) is 0 Å². The molecule has 1 aromatic rings. The summed E-state index contributed by atoms with van der Waals surface area (Å²) < 4.78 is 9.11. The van der Waals surface area contributed by atoms with Crippen molar-refractivity contribution in [2.75, 3.05) is 19.5 Å². The Kier molecular flexibility index (Phi) is 4.53. The molecular formula is C12H15NO5. The molecule has 0 fully saturated rings. The zero-order valence-electron chi connectivity index (χ0n) is 10.4. The molecule has 6 nitrogen and oxygen atoms in total. The van der Waals surface area contributed by atoms with Crippen molar-refractivity contribution in [3.05, 3.63) is 23.8 Å². The highest BCUT2D eigenvalue weighted by molar-refractivity contribution is 5.91. The standard InChI is InChI=1S/C12H15NO5/c1-7(11(15)17-2)13-9-6-8(12(16)18-3)4-5-10(9)14/h4-7,13-14H,1-3H3/t7-/m0/s1. The zero-order valence-corrected chi connectivity index (χ0v) is 10.4. The third-order valence-corrected chi connectivity index (χ3v) is 2.34. The summed E-state index contributed by atoms with van der Waals surface area (Å²) in [4.78, 5) is 22.6. The second-order valence-electron chi connectivity index (χ2n) is 3.61. The molecule has 1 atom stereocenters. The Labute approximate surface area is 105 Å². The summed E-state index contributed by atoms with van der Waals surface area (Å²) in [7, 11) is 2.53. The van der Waals surface area contributed by atoms with Crippen molar-refractivity contribution in [2.45, 2.75) is 13.0 Å². The maximum Gasteiger partial charge on any atom is 0.337 e. The van der Waals surface area contributed by atoms with E-state index in [1.54, 1.807) is 6.92 Å². The normalized spacial score (nSPS) is 11.5. The van der Waals surface area contributed by atoms with Gasteiger partial charge in [-0.1, -0.05) is 0 Å². The van der Waals surface area contributed by atoms with Crippen molar-refractivity contribution in [1.29, 1.82) is 0 Å². The smallest absolute Gasteiger partial charge is 0.337 e. The molecule has 0 spiro atoms. The molecule has 0 radical (unpaired) electrons. The molecule has 2 N–H and O–H groups in total. The van der Waals surface area contributed by atoms with Crippen LogP contribution in [0.1, 0.15) is 17.3 Å². The molecule has 0 unspecified atom stereocenters. The molecule has 0 aliphatic carbocycles. The van der Waals surface area contributed by atoms with Gasteiger partial charge in [0, 0.05) is 0 Å². The van der Waals surface area contributed by atoms with Crippen LogP contribution >= 0.6 is 0 Å². The van der Waals surface area contributed by atoms with Gasteiger partial charge < -0.3 is 19.9 Å². The SMILES string of the molecule is COC(=O)c1ccc(O)c(N[C@@H](C)C(=O)OC)c1. The Bertz CT molecular complexity index is 458. The Morgan fingerprint density at radius 2 is 1.94 bits per heavy atom. The van der Waals surface area contributed by atoms with Crippen molar-refractivity contribution in [3.63, 3.8) is 0 Å². The van der Waals surface area contributed by atoms with Crippen LogP contribution in [-0.2, 0) is 14.3 Å². The third-order valence-electron chi connectivity index (χ3n) is 2.34. The number of carbonyl (C=O) groups excluding carboxylic acids is 2. The van der Waals surface area contributed by atoms with Crippen molar-refractivity contribution in [3.8, 4) is 5.75 Å². The fourth-order valence-corrected chi connectivity index (χ4v) is 1.37. The van der Waals surface area contributed by atoms with Crippen LogP contribution in [0.2, 0.25) is 0 Å². The van der Waals surface area contributed by atoms with Gasteiger partial charge in [0.05, 0.1) is 25.5 Å². The van der Waals surface area contributed by atoms with Gasteiger partial charge in [0.2, 0.25) is 0 Å². The Hall–Kier alpha value is -2.24. The number of phenolic OH excluding ortho intramolecular Hbond substituents is 1. The van der Waals surface area contributed by atoms with Gasteiger partial charge in [0.25, 0.3) is 0 Å². The summed E-state index contributed by atoms with van der Waals surface area (Å²) in [5.41, 5.74) is 0.533. The van der Waals surface area contributed by atoms with Gasteiger partial charge in [0.15, 0.2) is 0 Å². The van der Waals surface area contributed by atoms with Gasteiger partial charge in [0.1, 0.15) is 11.8 Å². The lowest BCUT2D eigenvalue weighted by Gasteiger charge is -2.14. The van der Waals surface area contributed by atoms with Gasteiger partial charge in [-0.15, -0.1) is 0 Å². The average Bonchev–Trinajstić information content (AvgIpc) is 2.39. The summed E-state index contributed by atoms with van der Waals surface area (Å²) in [5.74, 6) is -1.07. The van der Waals surface area contributed by atoms with Crippen LogP contribution in [0.4, 0.5) is 5.69 Å². The first-order valence-electron chi connectivity index (χ1n) is 5.25. The Morgan fingerprint density at radius 3 is 2.50 bits per heavy atom. The highest BCUT2D eigenvalue weighted by atomic mass is 16.5. The van der Waals surface area contributed by atoms with Crippen molar-refractivity contribution >= 4 is 17.6 Å². The third kappa shape index (κ3) is 3.13. The fourth-order valence-electron chi connectivity index (χ4n) is 1.37. The number of anilines is 1. The fraction of sp³-hybridized carbons (Fsp3) is 0.333. The van der Waals surface area contributed by atoms with E-state index >= 15 is 0 Å². The topological polar surface area (TPSA) is 84.9 Å². The molecule has 6 heteroatoms. The largest absolute Gasteiger partial charge is 0.506 e. The quantitative estimate of drug-likeness (QED) is 0.618. The molecule has 0 amide bonds. The summed E-state index contributed by atoms with van der Waals surface area (Å²) in [6.45, 7) is 1.58. The predicted molar refractivity (Wildman–Crippen MR) is 64.5 cm³/mol. The van der Waals surface area contributed by atoms with E-state index in [0.717, 1.165) is 0 Å². The minimum atomic E-state index is -0.645. The predicted octanol–water partition coefficient (Wildman–Crippen LogP) is 1.15. The van der Waals surface area contributed by atoms with Gasteiger partial charge in [-0.05, 0) is 25.1 Å². The molecule has 1 rings (SSSR count). The van der Waals surface area contributed by atoms with Gasteiger partial charge >= 0.3 is 11.9 Å². The number of rotatable bonds is 4. The van der Waals surface area contributed by atoms with Crippen LogP contribution in [0.3, 0.4) is 0 Å². The highest BCUT2D eigenvalue weighted by Gasteiger charge is 2.16. The number of aromatic hydroxyl groups is 1. The number of hydrogen-bond acceptors (Lipinski definition) is 6. The van der Waals surface area contributed by atoms with E-state index in [4.69, 9.17) is 0 Å². The van der Waals surface area contributed by atoms with E-state index in [1.165, 1.54) is 32.4 Å². The first-order valence-corrected chi connectivity index (χ1v) is 5.25. The molecular weight excluding hydrogens is 238 g/mol. The lowest BCUT2D eigenvalue weighted by Crippen LogP contribution is -2.27. The van der Waals surface area contributed by atoms with Crippen LogP contribution in [0, 0.1) is 0 Å². The van der Waals surface area contributed by atoms with Crippen LogP contribution in [0.25, 0.3) is 0 Å². The summed E-state index contributed by atoms with van der Waals surface area (Å²) in [5, 5.41) is 12.4. The number of phenols is 1. The maximum atomic E-state index is 11.3. The monoisotopic (exact) mass is 253 g/mol. The average molecular weight is 253 g/mol. The van der Waals surface area contributed by atoms with E-state index in [9.17, 15) is 14.7 Å². The zero-order chi connectivity index (χ0) is 13.7. The number of carbonyl (C=O) groups is 2. The first kappa shape index (κ1) is 13.8. The Balaban J connectivity index is 2.94. The molecule has 0 heterocycles. The number of nitrogens with one attached hydrogen (secondary N) is 1. The van der Waals surface area contributed by atoms with E-state index in [0.29, 0.717) is 0 Å². The molecule has 18 heavy (non-hydrogen) atoms. The maximum absolute atomic E-state index is 11.3. The number of esters is 2. The Morgan fingerprint density at radius 1 is 1.28 bits per heavy atom. The van der Waals surface area contributed by atoms with Gasteiger partial charge in [-0.3, -0.25) is 0 Å². The molecule has 0 aliphatic rings. The number of ether oxygens (including phenoxy) is 2. The second-order valence-corrected chi connectivity index (χ2v) is 3.61. The summed E-state index contributed by atoms with van der Waals surface area (Å²) in [6, 6.07) is 3.53. The minimum Gasteiger partial charge on any atom is -0.506 e. The van der Waals surface area contributed by atoms with E-state index in [1.807, 2.05) is 0 Å². The molecule has 0 aliphatic heterocycles. The van der Waals surface area contributed by atoms with Gasteiger partial charge in [-0.25, -0.2) is 9.59 Å². The van der Waals surface area contributed by atoms with E-state index in [2.05, 4.69) is 14.8 Å². The van der Waals surface area contributed by atoms with Crippen LogP contribution in [-0.4, -0.2) is 37.3 Å². The number of hydrogen-bond donors (Lipinski definition) is 2. The summed E-state index contributed by atoms with van der Waals surface area (Å²) >= 11 is 0. The minimum absolute atomic E-state index is 0.0709. The summed E-state index contributed by atoms with van der Waals surface area (Å²) in [6.07, 6.45) is 0. The first-order chi connectivity index (χ1) is 8.49. The molecule has 0 saturated carbocycles. The number of methoxy groups -OCH3 is 2. The lowest BCUT2D eigenvalue weighted by molar-refractivity contribution is -0.141. The highest BCUT2D eigenvalue weighted by Crippen LogP contribution is 2.25. The number of benzene rings is 1. The lowest BCUT2D eigenvalue weighted by atomic mass is 10.1. The van der Waals surface area contributed by atoms with Crippen molar-refractivity contribution in [2.24, 2.45) is 0 Å².